The Labute approximate surface area is 161 Å². The summed E-state index contributed by atoms with van der Waals surface area (Å²) in [6.45, 7) is 3.62. The van der Waals surface area contributed by atoms with Crippen molar-refractivity contribution in [1.82, 2.24) is 5.43 Å². The van der Waals surface area contributed by atoms with Crippen molar-refractivity contribution in [2.45, 2.75) is 13.8 Å². The average Bonchev–Trinajstić information content (AvgIpc) is 2.64. The molecule has 0 atom stereocenters. The lowest BCUT2D eigenvalue weighted by Crippen LogP contribution is -2.25. The molecule has 0 spiro atoms. The fourth-order valence-electron chi connectivity index (χ4n) is 2.20. The highest BCUT2D eigenvalue weighted by Crippen LogP contribution is 2.26. The minimum absolute atomic E-state index is 0.141. The zero-order chi connectivity index (χ0) is 19.1. The van der Waals surface area contributed by atoms with Gasteiger partial charge >= 0.3 is 0 Å². The largest absolute Gasteiger partial charge is 0.497 e. The Balaban J connectivity index is 1.98. The van der Waals surface area contributed by atoms with Gasteiger partial charge in [0.25, 0.3) is 5.91 Å². The second kappa shape index (κ2) is 9.24. The molecule has 1 N–H and O–H groups in total. The molecule has 26 heavy (non-hydrogen) atoms. The molecule has 2 aromatic rings. The van der Waals surface area contributed by atoms with Crippen LogP contribution in [0.2, 0.25) is 0 Å². The Morgan fingerprint density at radius 1 is 1.12 bits per heavy atom. The van der Waals surface area contributed by atoms with Gasteiger partial charge in [-0.15, -0.1) is 0 Å². The summed E-state index contributed by atoms with van der Waals surface area (Å²) in [5.74, 6) is 1.53. The van der Waals surface area contributed by atoms with Gasteiger partial charge in [-0.1, -0.05) is 6.07 Å². The summed E-state index contributed by atoms with van der Waals surface area (Å²) in [5.41, 5.74) is 4.95. The third-order valence-electron chi connectivity index (χ3n) is 3.59. The number of halogens is 1. The van der Waals surface area contributed by atoms with Gasteiger partial charge in [-0.05, 0) is 59.6 Å². The predicted molar refractivity (Wildman–Crippen MR) is 104 cm³/mol. The van der Waals surface area contributed by atoms with E-state index in [1.807, 2.05) is 31.2 Å². The number of hydrazone groups is 1. The maximum absolute atomic E-state index is 12.0. The number of amides is 1. The number of hydrogen-bond acceptors (Lipinski definition) is 5. The van der Waals surface area contributed by atoms with E-state index >= 15 is 0 Å². The summed E-state index contributed by atoms with van der Waals surface area (Å²) in [5, 5.41) is 4.11. The molecular weight excluding hydrogens is 400 g/mol. The van der Waals surface area contributed by atoms with E-state index in [4.69, 9.17) is 14.2 Å². The van der Waals surface area contributed by atoms with Gasteiger partial charge in [0.15, 0.2) is 6.61 Å². The van der Waals surface area contributed by atoms with Gasteiger partial charge in [0, 0.05) is 11.6 Å². The number of carbonyl (C=O) groups excluding carboxylic acids is 1. The topological polar surface area (TPSA) is 69.2 Å². The van der Waals surface area contributed by atoms with E-state index in [1.54, 1.807) is 33.3 Å². The molecule has 0 aliphatic carbocycles. The van der Waals surface area contributed by atoms with E-state index < -0.39 is 0 Å². The molecule has 0 saturated carbocycles. The van der Waals surface area contributed by atoms with Gasteiger partial charge in [0.2, 0.25) is 0 Å². The first-order valence-corrected chi connectivity index (χ1v) is 8.68. The van der Waals surface area contributed by atoms with Crippen LogP contribution in [0.25, 0.3) is 0 Å². The standard InChI is InChI=1S/C19H21BrN2O4/c1-12-5-8-17(16(20)9-12)26-11-19(23)22-21-13(2)15-7-6-14(24-3)10-18(15)25-4/h5-10H,11H2,1-4H3,(H,22,23)/b21-13+. The van der Waals surface area contributed by atoms with E-state index in [2.05, 4.69) is 26.5 Å². The van der Waals surface area contributed by atoms with E-state index in [-0.39, 0.29) is 12.5 Å². The second-order valence-electron chi connectivity index (χ2n) is 5.52. The van der Waals surface area contributed by atoms with Gasteiger partial charge in [0.1, 0.15) is 17.2 Å². The van der Waals surface area contributed by atoms with Crippen molar-refractivity contribution in [3.8, 4) is 17.2 Å². The van der Waals surface area contributed by atoms with E-state index in [1.165, 1.54) is 0 Å². The molecule has 0 fully saturated rings. The van der Waals surface area contributed by atoms with Crippen molar-refractivity contribution in [3.05, 3.63) is 52.0 Å². The molecule has 6 nitrogen and oxygen atoms in total. The third-order valence-corrected chi connectivity index (χ3v) is 4.21. The van der Waals surface area contributed by atoms with E-state index in [0.29, 0.717) is 23.0 Å². The fourth-order valence-corrected chi connectivity index (χ4v) is 2.81. The van der Waals surface area contributed by atoms with Crippen molar-refractivity contribution in [3.63, 3.8) is 0 Å². The number of aryl methyl sites for hydroxylation is 1. The molecule has 2 aromatic carbocycles. The Kier molecular flexibility index (Phi) is 7.03. The first-order chi connectivity index (χ1) is 12.4. The minimum Gasteiger partial charge on any atom is -0.497 e. The quantitative estimate of drug-likeness (QED) is 0.547. The Hall–Kier alpha value is -2.54. The van der Waals surface area contributed by atoms with Crippen LogP contribution in [-0.2, 0) is 4.79 Å². The number of nitrogens with zero attached hydrogens (tertiary/aromatic N) is 1. The Morgan fingerprint density at radius 2 is 1.88 bits per heavy atom. The molecule has 0 aliphatic heterocycles. The molecular formula is C19H21BrN2O4. The summed E-state index contributed by atoms with van der Waals surface area (Å²) >= 11 is 3.41. The number of benzene rings is 2. The first kappa shape index (κ1) is 19.8. The highest BCUT2D eigenvalue weighted by atomic mass is 79.9. The highest BCUT2D eigenvalue weighted by Gasteiger charge is 2.09. The summed E-state index contributed by atoms with van der Waals surface area (Å²) in [6.07, 6.45) is 0. The van der Waals surface area contributed by atoms with Crippen LogP contribution in [0.15, 0.2) is 46.0 Å². The van der Waals surface area contributed by atoms with Gasteiger partial charge < -0.3 is 14.2 Å². The van der Waals surface area contributed by atoms with E-state index in [9.17, 15) is 4.79 Å². The minimum atomic E-state index is -0.357. The molecule has 0 saturated heterocycles. The molecule has 0 aromatic heterocycles. The average molecular weight is 421 g/mol. The van der Waals surface area contributed by atoms with Crippen LogP contribution in [-0.4, -0.2) is 32.4 Å². The Morgan fingerprint density at radius 3 is 2.54 bits per heavy atom. The van der Waals surface area contributed by atoms with Crippen LogP contribution in [0.4, 0.5) is 0 Å². The monoisotopic (exact) mass is 420 g/mol. The number of hydrogen-bond donors (Lipinski definition) is 1. The third kappa shape index (κ3) is 5.23. The summed E-state index contributed by atoms with van der Waals surface area (Å²) in [4.78, 5) is 12.0. The molecule has 0 bridgehead atoms. The van der Waals surface area contributed by atoms with Crippen molar-refractivity contribution >= 4 is 27.5 Å². The molecule has 1 amide bonds. The predicted octanol–water partition coefficient (Wildman–Crippen LogP) is 3.69. The van der Waals surface area contributed by atoms with Gasteiger partial charge in [-0.2, -0.15) is 5.10 Å². The maximum Gasteiger partial charge on any atom is 0.277 e. The molecule has 0 heterocycles. The fraction of sp³-hybridized carbons (Fsp3) is 0.263. The lowest BCUT2D eigenvalue weighted by atomic mass is 10.1. The zero-order valence-electron chi connectivity index (χ0n) is 15.1. The van der Waals surface area contributed by atoms with Crippen LogP contribution in [0.3, 0.4) is 0 Å². The SMILES string of the molecule is COc1ccc(/C(C)=N/NC(=O)COc2ccc(C)cc2Br)c(OC)c1. The lowest BCUT2D eigenvalue weighted by molar-refractivity contribution is -0.123. The molecule has 2 rings (SSSR count). The lowest BCUT2D eigenvalue weighted by Gasteiger charge is -2.11. The smallest absolute Gasteiger partial charge is 0.277 e. The molecule has 0 radical (unpaired) electrons. The molecule has 0 unspecified atom stereocenters. The van der Waals surface area contributed by atoms with Crippen LogP contribution in [0.1, 0.15) is 18.1 Å². The molecule has 7 heteroatoms. The van der Waals surface area contributed by atoms with Crippen LogP contribution in [0, 0.1) is 6.92 Å². The molecule has 138 valence electrons. The van der Waals surface area contributed by atoms with Crippen LogP contribution < -0.4 is 19.6 Å². The van der Waals surface area contributed by atoms with Crippen molar-refractivity contribution in [2.24, 2.45) is 5.10 Å². The van der Waals surface area contributed by atoms with Crippen molar-refractivity contribution in [1.29, 1.82) is 0 Å². The Bertz CT molecular complexity index is 821. The molecule has 0 aliphatic rings. The van der Waals surface area contributed by atoms with Gasteiger partial charge in [-0.25, -0.2) is 5.43 Å². The number of nitrogens with one attached hydrogen (secondary N) is 1. The van der Waals surface area contributed by atoms with Crippen LogP contribution in [0.5, 0.6) is 17.2 Å². The number of rotatable bonds is 7. The van der Waals surface area contributed by atoms with E-state index in [0.717, 1.165) is 15.6 Å². The normalized spacial score (nSPS) is 11.0. The van der Waals surface area contributed by atoms with Crippen molar-refractivity contribution < 1.29 is 19.0 Å². The van der Waals surface area contributed by atoms with Crippen molar-refractivity contribution in [2.75, 3.05) is 20.8 Å². The van der Waals surface area contributed by atoms with Crippen LogP contribution >= 0.6 is 15.9 Å². The summed E-state index contributed by atoms with van der Waals surface area (Å²) < 4.78 is 16.8. The number of ether oxygens (including phenoxy) is 3. The summed E-state index contributed by atoms with van der Waals surface area (Å²) in [6, 6.07) is 11.0. The van der Waals surface area contributed by atoms with Gasteiger partial charge in [0.05, 0.1) is 24.4 Å². The zero-order valence-corrected chi connectivity index (χ0v) is 16.7. The number of carbonyl (C=O) groups is 1. The second-order valence-corrected chi connectivity index (χ2v) is 6.38. The highest BCUT2D eigenvalue weighted by molar-refractivity contribution is 9.10. The number of methoxy groups -OCH3 is 2. The first-order valence-electron chi connectivity index (χ1n) is 7.89. The summed E-state index contributed by atoms with van der Waals surface area (Å²) in [7, 11) is 3.15. The maximum atomic E-state index is 12.0. The van der Waals surface area contributed by atoms with Gasteiger partial charge in [-0.3, -0.25) is 4.79 Å².